The molecular weight excluding hydrogens is 356 g/mol. The van der Waals surface area contributed by atoms with E-state index in [4.69, 9.17) is 14.2 Å². The number of hydrogen-bond donors (Lipinski definition) is 0. The summed E-state index contributed by atoms with van der Waals surface area (Å²) in [5.74, 6) is 0.0403. The fourth-order valence-electron chi connectivity index (χ4n) is 2.58. The number of likely N-dealkylation sites (N-methyl/N-ethyl adjacent to an activating group) is 1. The molecule has 2 heterocycles. The Morgan fingerprint density at radius 2 is 2.23 bits per heavy atom. The van der Waals surface area contributed by atoms with Crippen LogP contribution in [0.5, 0.6) is 5.75 Å². The number of aromatic nitrogens is 1. The second kappa shape index (κ2) is 7.84. The van der Waals surface area contributed by atoms with E-state index in [1.165, 1.54) is 18.4 Å². The molecule has 1 amide bonds. The summed E-state index contributed by atoms with van der Waals surface area (Å²) in [7, 11) is 3.07. The van der Waals surface area contributed by atoms with E-state index in [0.29, 0.717) is 17.9 Å². The standard InChI is InChI=1S/C18H20N2O5S/c1-11-7-19-17(26-11)12-4-13(18(22)23-3)6-14(5-12)24-9-15-8-20(2)16(21)10-25-15/h4-7,15H,8-10H2,1-3H3. The molecular formula is C18H20N2O5S. The monoisotopic (exact) mass is 376 g/mol. The highest BCUT2D eigenvalue weighted by Gasteiger charge is 2.24. The lowest BCUT2D eigenvalue weighted by Gasteiger charge is -2.29. The quantitative estimate of drug-likeness (QED) is 0.744. The fourth-order valence-corrected chi connectivity index (χ4v) is 3.33. The van der Waals surface area contributed by atoms with Gasteiger partial charge in [-0.3, -0.25) is 4.79 Å². The lowest BCUT2D eigenvalue weighted by atomic mass is 10.1. The minimum atomic E-state index is -0.441. The van der Waals surface area contributed by atoms with Crippen LogP contribution in [0.3, 0.4) is 0 Å². The van der Waals surface area contributed by atoms with Gasteiger partial charge in [0.15, 0.2) is 0 Å². The molecule has 1 aliphatic rings. The van der Waals surface area contributed by atoms with Crippen molar-refractivity contribution in [1.82, 2.24) is 9.88 Å². The van der Waals surface area contributed by atoms with Gasteiger partial charge in [-0.2, -0.15) is 0 Å². The number of methoxy groups -OCH3 is 1. The summed E-state index contributed by atoms with van der Waals surface area (Å²) in [6.07, 6.45) is 1.57. The average molecular weight is 376 g/mol. The van der Waals surface area contributed by atoms with Crippen molar-refractivity contribution in [3.63, 3.8) is 0 Å². The van der Waals surface area contributed by atoms with Gasteiger partial charge < -0.3 is 19.1 Å². The number of hydrogen-bond acceptors (Lipinski definition) is 7. The van der Waals surface area contributed by atoms with Gasteiger partial charge in [-0.1, -0.05) is 0 Å². The van der Waals surface area contributed by atoms with Crippen molar-refractivity contribution in [2.45, 2.75) is 13.0 Å². The van der Waals surface area contributed by atoms with Gasteiger partial charge in [-0.25, -0.2) is 9.78 Å². The van der Waals surface area contributed by atoms with Gasteiger partial charge in [0.2, 0.25) is 5.91 Å². The Morgan fingerprint density at radius 3 is 2.88 bits per heavy atom. The molecule has 26 heavy (non-hydrogen) atoms. The van der Waals surface area contributed by atoms with Crippen molar-refractivity contribution in [2.75, 3.05) is 33.9 Å². The maximum absolute atomic E-state index is 12.0. The molecule has 1 fully saturated rings. The average Bonchev–Trinajstić information content (AvgIpc) is 3.08. The number of thiazole rings is 1. The molecule has 1 unspecified atom stereocenters. The van der Waals surface area contributed by atoms with Crippen molar-refractivity contribution in [2.24, 2.45) is 0 Å². The molecule has 2 aromatic rings. The van der Waals surface area contributed by atoms with Gasteiger partial charge in [0.05, 0.1) is 12.7 Å². The molecule has 0 saturated carbocycles. The molecule has 0 spiro atoms. The van der Waals surface area contributed by atoms with Crippen LogP contribution >= 0.6 is 11.3 Å². The first kappa shape index (κ1) is 18.3. The third-order valence-electron chi connectivity index (χ3n) is 3.98. The number of amides is 1. The highest BCUT2D eigenvalue weighted by molar-refractivity contribution is 7.14. The van der Waals surface area contributed by atoms with Crippen LogP contribution in [0.25, 0.3) is 10.6 Å². The van der Waals surface area contributed by atoms with Gasteiger partial charge in [0.1, 0.15) is 30.1 Å². The second-order valence-corrected chi connectivity index (χ2v) is 7.27. The van der Waals surface area contributed by atoms with Gasteiger partial charge in [0.25, 0.3) is 0 Å². The van der Waals surface area contributed by atoms with Crippen LogP contribution in [-0.2, 0) is 14.3 Å². The summed E-state index contributed by atoms with van der Waals surface area (Å²) in [5, 5.41) is 0.803. The molecule has 1 aromatic carbocycles. The zero-order chi connectivity index (χ0) is 18.7. The number of nitrogens with zero attached hydrogens (tertiary/aromatic N) is 2. The predicted octanol–water partition coefficient (Wildman–Crippen LogP) is 2.14. The maximum Gasteiger partial charge on any atom is 0.338 e. The Balaban J connectivity index is 1.79. The highest BCUT2D eigenvalue weighted by atomic mass is 32.1. The van der Waals surface area contributed by atoms with Crippen molar-refractivity contribution < 1.29 is 23.8 Å². The lowest BCUT2D eigenvalue weighted by molar-refractivity contribution is -0.148. The Hall–Kier alpha value is -2.45. The number of rotatable bonds is 5. The van der Waals surface area contributed by atoms with Gasteiger partial charge in [-0.05, 0) is 25.1 Å². The third-order valence-corrected chi connectivity index (χ3v) is 4.94. The van der Waals surface area contributed by atoms with Gasteiger partial charge >= 0.3 is 5.97 Å². The van der Waals surface area contributed by atoms with Crippen molar-refractivity contribution in [3.05, 3.63) is 34.8 Å². The van der Waals surface area contributed by atoms with E-state index >= 15 is 0 Å². The third kappa shape index (κ3) is 4.20. The first-order chi connectivity index (χ1) is 12.5. The summed E-state index contributed by atoms with van der Waals surface area (Å²) >= 11 is 1.54. The van der Waals surface area contributed by atoms with Gasteiger partial charge in [0, 0.05) is 30.2 Å². The van der Waals surface area contributed by atoms with Crippen LogP contribution in [0, 0.1) is 6.92 Å². The Bertz CT molecular complexity index is 820. The number of esters is 1. The number of ether oxygens (including phenoxy) is 3. The molecule has 0 radical (unpaired) electrons. The normalized spacial score (nSPS) is 17.3. The number of aryl methyl sites for hydroxylation is 1. The molecule has 3 rings (SSSR count). The fraction of sp³-hybridized carbons (Fsp3) is 0.389. The summed E-state index contributed by atoms with van der Waals surface area (Å²) in [5.41, 5.74) is 1.18. The Labute approximate surface area is 155 Å². The first-order valence-electron chi connectivity index (χ1n) is 8.11. The molecule has 138 valence electrons. The van der Waals surface area contributed by atoms with Crippen molar-refractivity contribution in [3.8, 4) is 16.3 Å². The number of morpholine rings is 1. The lowest BCUT2D eigenvalue weighted by Crippen LogP contribution is -2.46. The molecule has 1 atom stereocenters. The molecule has 8 heteroatoms. The molecule has 7 nitrogen and oxygen atoms in total. The maximum atomic E-state index is 12.0. The predicted molar refractivity (Wildman–Crippen MR) is 96.5 cm³/mol. The zero-order valence-electron chi connectivity index (χ0n) is 14.9. The second-order valence-electron chi connectivity index (χ2n) is 6.03. The SMILES string of the molecule is COC(=O)c1cc(OCC2CN(C)C(=O)CO2)cc(-c2ncc(C)s2)c1. The minimum Gasteiger partial charge on any atom is -0.491 e. The first-order valence-corrected chi connectivity index (χ1v) is 8.92. The smallest absolute Gasteiger partial charge is 0.338 e. The van der Waals surface area contributed by atoms with Gasteiger partial charge in [-0.15, -0.1) is 11.3 Å². The molecule has 1 aromatic heterocycles. The van der Waals surface area contributed by atoms with E-state index in [9.17, 15) is 9.59 Å². The molecule has 0 N–H and O–H groups in total. The van der Waals surface area contributed by atoms with E-state index < -0.39 is 5.97 Å². The van der Waals surface area contributed by atoms with Crippen molar-refractivity contribution in [1.29, 1.82) is 0 Å². The summed E-state index contributed by atoms with van der Waals surface area (Å²) in [6.45, 7) is 2.77. The summed E-state index contributed by atoms with van der Waals surface area (Å²) in [6, 6.07) is 5.20. The van der Waals surface area contributed by atoms with Crippen LogP contribution in [0.1, 0.15) is 15.2 Å². The van der Waals surface area contributed by atoms with Crippen LogP contribution in [0.4, 0.5) is 0 Å². The van der Waals surface area contributed by atoms with E-state index in [-0.39, 0.29) is 25.2 Å². The van der Waals surface area contributed by atoms with Crippen LogP contribution in [0.15, 0.2) is 24.4 Å². The van der Waals surface area contributed by atoms with E-state index in [1.807, 2.05) is 13.0 Å². The van der Waals surface area contributed by atoms with E-state index in [0.717, 1.165) is 15.4 Å². The summed E-state index contributed by atoms with van der Waals surface area (Å²) in [4.78, 5) is 30.5. The molecule has 0 bridgehead atoms. The number of benzene rings is 1. The topological polar surface area (TPSA) is 78.0 Å². The largest absolute Gasteiger partial charge is 0.491 e. The molecule has 1 aliphatic heterocycles. The minimum absolute atomic E-state index is 0.0460. The van der Waals surface area contributed by atoms with Crippen molar-refractivity contribution >= 4 is 23.2 Å². The van der Waals surface area contributed by atoms with E-state index in [1.54, 1.807) is 30.3 Å². The summed E-state index contributed by atoms with van der Waals surface area (Å²) < 4.78 is 16.1. The Morgan fingerprint density at radius 1 is 1.42 bits per heavy atom. The van der Waals surface area contributed by atoms with Crippen LogP contribution in [-0.4, -0.2) is 61.8 Å². The van der Waals surface area contributed by atoms with Crippen LogP contribution < -0.4 is 4.74 Å². The van der Waals surface area contributed by atoms with Crippen LogP contribution in [0.2, 0.25) is 0 Å². The zero-order valence-corrected chi connectivity index (χ0v) is 15.7. The van der Waals surface area contributed by atoms with E-state index in [2.05, 4.69) is 4.98 Å². The number of carbonyl (C=O) groups excluding carboxylic acids is 2. The Kier molecular flexibility index (Phi) is 5.53. The number of carbonyl (C=O) groups is 2. The molecule has 0 aliphatic carbocycles. The highest BCUT2D eigenvalue weighted by Crippen LogP contribution is 2.30. The molecule has 1 saturated heterocycles.